The normalized spacial score (nSPS) is 22.6. The zero-order valence-corrected chi connectivity index (χ0v) is 12.1. The molecule has 0 aliphatic carbocycles. The van der Waals surface area contributed by atoms with Crippen LogP contribution in [0.1, 0.15) is 23.2 Å². The second kappa shape index (κ2) is 4.96. The maximum Gasteiger partial charge on any atom is 0.255 e. The van der Waals surface area contributed by atoms with Gasteiger partial charge in [0.25, 0.3) is 5.91 Å². The lowest BCUT2D eigenvalue weighted by molar-refractivity contribution is -0.130. The maximum absolute atomic E-state index is 12.5. The first kappa shape index (κ1) is 12.7. The second-order valence-corrected chi connectivity index (χ2v) is 5.86. The first-order valence-corrected chi connectivity index (χ1v) is 7.29. The van der Waals surface area contributed by atoms with Gasteiger partial charge in [-0.25, -0.2) is 0 Å². The fraction of sp³-hybridized carbons (Fsp3) is 0.429. The summed E-state index contributed by atoms with van der Waals surface area (Å²) < 4.78 is 0.824. The van der Waals surface area contributed by atoms with Crippen LogP contribution in [0.15, 0.2) is 28.7 Å². The molecular formula is C14H15BrN2O2. The van der Waals surface area contributed by atoms with Gasteiger partial charge in [-0.3, -0.25) is 9.59 Å². The first-order valence-electron chi connectivity index (χ1n) is 6.50. The summed E-state index contributed by atoms with van der Waals surface area (Å²) in [4.78, 5) is 27.9. The van der Waals surface area contributed by atoms with E-state index >= 15 is 0 Å². The molecule has 1 unspecified atom stereocenters. The summed E-state index contributed by atoms with van der Waals surface area (Å²) in [6, 6.07) is 7.69. The van der Waals surface area contributed by atoms with Gasteiger partial charge in [-0.2, -0.15) is 0 Å². The predicted octanol–water partition coefficient (Wildman–Crippen LogP) is 1.90. The SMILES string of the molecule is O=C(c1ccccc1Br)N1CCN2C(=O)CCC2C1. The smallest absolute Gasteiger partial charge is 0.255 e. The minimum atomic E-state index is 0.0477. The van der Waals surface area contributed by atoms with Crippen molar-refractivity contribution in [3.63, 3.8) is 0 Å². The molecule has 0 aromatic heterocycles. The lowest BCUT2D eigenvalue weighted by Crippen LogP contribution is -2.53. The van der Waals surface area contributed by atoms with Gasteiger partial charge in [0.1, 0.15) is 0 Å². The van der Waals surface area contributed by atoms with Crippen molar-refractivity contribution in [2.45, 2.75) is 18.9 Å². The molecule has 1 aromatic rings. The number of hydrogen-bond donors (Lipinski definition) is 0. The molecule has 2 aliphatic heterocycles. The number of hydrogen-bond acceptors (Lipinski definition) is 2. The molecule has 2 aliphatic rings. The number of amides is 2. The number of piperazine rings is 1. The van der Waals surface area contributed by atoms with E-state index in [0.29, 0.717) is 31.6 Å². The van der Waals surface area contributed by atoms with Crippen LogP contribution < -0.4 is 0 Å². The number of nitrogens with zero attached hydrogens (tertiary/aromatic N) is 2. The van der Waals surface area contributed by atoms with E-state index in [1.165, 1.54) is 0 Å². The molecular weight excluding hydrogens is 308 g/mol. The molecule has 2 heterocycles. The molecule has 1 atom stereocenters. The van der Waals surface area contributed by atoms with Gasteiger partial charge in [-0.1, -0.05) is 12.1 Å². The van der Waals surface area contributed by atoms with Crippen LogP contribution in [-0.4, -0.2) is 47.3 Å². The summed E-state index contributed by atoms with van der Waals surface area (Å²) in [6.07, 6.45) is 1.50. The van der Waals surface area contributed by atoms with Crippen molar-refractivity contribution < 1.29 is 9.59 Å². The van der Waals surface area contributed by atoms with Crippen LogP contribution in [0.2, 0.25) is 0 Å². The van der Waals surface area contributed by atoms with E-state index in [1.807, 2.05) is 34.1 Å². The van der Waals surface area contributed by atoms with Gasteiger partial charge in [0.15, 0.2) is 0 Å². The van der Waals surface area contributed by atoms with Crippen LogP contribution in [0.25, 0.3) is 0 Å². The van der Waals surface area contributed by atoms with Crippen molar-refractivity contribution in [1.29, 1.82) is 0 Å². The van der Waals surface area contributed by atoms with Crippen LogP contribution in [0.4, 0.5) is 0 Å². The minimum Gasteiger partial charge on any atom is -0.336 e. The molecule has 0 radical (unpaired) electrons. The van der Waals surface area contributed by atoms with Crippen molar-refractivity contribution in [3.8, 4) is 0 Å². The Kier molecular flexibility index (Phi) is 3.31. The van der Waals surface area contributed by atoms with Crippen LogP contribution >= 0.6 is 15.9 Å². The van der Waals surface area contributed by atoms with E-state index in [-0.39, 0.29) is 17.9 Å². The summed E-state index contributed by atoms with van der Waals surface area (Å²) in [6.45, 7) is 1.95. The molecule has 0 spiro atoms. The molecule has 19 heavy (non-hydrogen) atoms. The van der Waals surface area contributed by atoms with E-state index in [2.05, 4.69) is 15.9 Å². The number of carbonyl (C=O) groups excluding carboxylic acids is 2. The topological polar surface area (TPSA) is 40.6 Å². The highest BCUT2D eigenvalue weighted by Gasteiger charge is 2.37. The van der Waals surface area contributed by atoms with Gasteiger partial charge < -0.3 is 9.80 Å². The summed E-state index contributed by atoms with van der Waals surface area (Å²) in [5.41, 5.74) is 0.695. The van der Waals surface area contributed by atoms with Gasteiger partial charge in [0.05, 0.1) is 5.56 Å². The highest BCUT2D eigenvalue weighted by molar-refractivity contribution is 9.10. The van der Waals surface area contributed by atoms with Gasteiger partial charge in [-0.05, 0) is 34.5 Å². The quantitative estimate of drug-likeness (QED) is 0.792. The second-order valence-electron chi connectivity index (χ2n) is 5.01. The van der Waals surface area contributed by atoms with Crippen LogP contribution in [0.5, 0.6) is 0 Å². The average Bonchev–Trinajstić information content (AvgIpc) is 2.80. The zero-order valence-electron chi connectivity index (χ0n) is 10.5. The van der Waals surface area contributed by atoms with Crippen LogP contribution in [0, 0.1) is 0 Å². The zero-order chi connectivity index (χ0) is 13.4. The highest BCUT2D eigenvalue weighted by Crippen LogP contribution is 2.25. The minimum absolute atomic E-state index is 0.0477. The van der Waals surface area contributed by atoms with Crippen LogP contribution in [-0.2, 0) is 4.79 Å². The molecule has 0 bridgehead atoms. The van der Waals surface area contributed by atoms with E-state index in [9.17, 15) is 9.59 Å². The molecule has 0 saturated carbocycles. The third-order valence-electron chi connectivity index (χ3n) is 3.89. The largest absolute Gasteiger partial charge is 0.336 e. The summed E-state index contributed by atoms with van der Waals surface area (Å²) in [7, 11) is 0. The van der Waals surface area contributed by atoms with Crippen molar-refractivity contribution in [3.05, 3.63) is 34.3 Å². The molecule has 2 saturated heterocycles. The fourth-order valence-electron chi connectivity index (χ4n) is 2.85. The van der Waals surface area contributed by atoms with E-state index in [0.717, 1.165) is 10.9 Å². The number of rotatable bonds is 1. The average molecular weight is 323 g/mol. The molecule has 1 aromatic carbocycles. The summed E-state index contributed by atoms with van der Waals surface area (Å²) >= 11 is 3.42. The van der Waals surface area contributed by atoms with Gasteiger partial charge in [0.2, 0.25) is 5.91 Å². The van der Waals surface area contributed by atoms with Crippen molar-refractivity contribution >= 4 is 27.7 Å². The standard InChI is InChI=1S/C14H15BrN2O2/c15-12-4-2-1-3-11(12)14(19)16-7-8-17-10(9-16)5-6-13(17)18/h1-4,10H,5-9H2. The Bertz CT molecular complexity index is 532. The molecule has 100 valence electrons. The van der Waals surface area contributed by atoms with E-state index in [1.54, 1.807) is 0 Å². The number of carbonyl (C=O) groups is 2. The Morgan fingerprint density at radius 1 is 1.26 bits per heavy atom. The Morgan fingerprint density at radius 3 is 2.84 bits per heavy atom. The lowest BCUT2D eigenvalue weighted by atomic mass is 10.1. The number of benzene rings is 1. The van der Waals surface area contributed by atoms with Crippen LogP contribution in [0.3, 0.4) is 0 Å². The third-order valence-corrected chi connectivity index (χ3v) is 4.58. The fourth-order valence-corrected chi connectivity index (χ4v) is 3.31. The Labute approximate surface area is 120 Å². The summed E-state index contributed by atoms with van der Waals surface area (Å²) in [5, 5.41) is 0. The maximum atomic E-state index is 12.5. The molecule has 3 rings (SSSR count). The number of halogens is 1. The van der Waals surface area contributed by atoms with Crippen molar-refractivity contribution in [1.82, 2.24) is 9.80 Å². The Balaban J connectivity index is 1.76. The highest BCUT2D eigenvalue weighted by atomic mass is 79.9. The predicted molar refractivity (Wildman–Crippen MR) is 74.8 cm³/mol. The summed E-state index contributed by atoms with van der Waals surface area (Å²) in [5.74, 6) is 0.282. The Morgan fingerprint density at radius 2 is 2.05 bits per heavy atom. The van der Waals surface area contributed by atoms with E-state index < -0.39 is 0 Å². The third kappa shape index (κ3) is 2.27. The molecule has 4 nitrogen and oxygen atoms in total. The number of fused-ring (bicyclic) bond motifs is 1. The monoisotopic (exact) mass is 322 g/mol. The molecule has 5 heteroatoms. The van der Waals surface area contributed by atoms with Crippen molar-refractivity contribution in [2.24, 2.45) is 0 Å². The first-order chi connectivity index (χ1) is 9.16. The van der Waals surface area contributed by atoms with Gasteiger partial charge in [-0.15, -0.1) is 0 Å². The molecule has 0 N–H and O–H groups in total. The lowest BCUT2D eigenvalue weighted by Gasteiger charge is -2.37. The molecule has 2 fully saturated rings. The van der Waals surface area contributed by atoms with Gasteiger partial charge >= 0.3 is 0 Å². The van der Waals surface area contributed by atoms with E-state index in [4.69, 9.17) is 0 Å². The van der Waals surface area contributed by atoms with Crippen molar-refractivity contribution in [2.75, 3.05) is 19.6 Å². The Hall–Kier alpha value is -1.36. The molecule has 2 amide bonds. The van der Waals surface area contributed by atoms with Gasteiger partial charge in [0, 0.05) is 36.6 Å².